The number of fused-ring (bicyclic) bond motifs is 2. The van der Waals surface area contributed by atoms with Gasteiger partial charge in [-0.2, -0.15) is 0 Å². The SMILES string of the molecule is CCCN(CCc1ccc(CCN(CCC)[C@H]2CCc3c(O)cccc3C2)cc1)C1CCc2c(O)cccc2C1. The number of phenolic OH excluding ortho intramolecular Hbond substituents is 2. The van der Waals surface area contributed by atoms with Crippen LogP contribution in [0.4, 0.5) is 0 Å². The van der Waals surface area contributed by atoms with Crippen LogP contribution in [0.3, 0.4) is 0 Å². The van der Waals surface area contributed by atoms with E-state index in [1.54, 1.807) is 0 Å². The minimum absolute atomic E-state index is 0.472. The number of benzene rings is 3. The molecule has 4 nitrogen and oxygen atoms in total. The first-order valence-electron chi connectivity index (χ1n) is 15.7. The van der Waals surface area contributed by atoms with Crippen molar-refractivity contribution in [3.8, 4) is 11.5 Å². The van der Waals surface area contributed by atoms with E-state index in [4.69, 9.17) is 0 Å². The molecule has 0 amide bonds. The van der Waals surface area contributed by atoms with Crippen LogP contribution < -0.4 is 0 Å². The molecule has 0 saturated carbocycles. The van der Waals surface area contributed by atoms with Crippen molar-refractivity contribution in [2.75, 3.05) is 26.2 Å². The molecule has 0 radical (unpaired) electrons. The summed E-state index contributed by atoms with van der Waals surface area (Å²) >= 11 is 0. The smallest absolute Gasteiger partial charge is 0.119 e. The summed E-state index contributed by atoms with van der Waals surface area (Å²) in [7, 11) is 0. The largest absolute Gasteiger partial charge is 0.508 e. The van der Waals surface area contributed by atoms with E-state index in [1.807, 2.05) is 24.3 Å². The van der Waals surface area contributed by atoms with Gasteiger partial charge in [-0.1, -0.05) is 62.4 Å². The zero-order chi connectivity index (χ0) is 27.9. The maximum atomic E-state index is 10.2. The molecule has 0 aromatic heterocycles. The molecule has 2 aliphatic carbocycles. The highest BCUT2D eigenvalue weighted by Gasteiger charge is 2.26. The number of aromatic hydroxyl groups is 2. The van der Waals surface area contributed by atoms with Crippen molar-refractivity contribution in [3.63, 3.8) is 0 Å². The van der Waals surface area contributed by atoms with Crippen LogP contribution in [0.25, 0.3) is 0 Å². The molecule has 0 bridgehead atoms. The van der Waals surface area contributed by atoms with Gasteiger partial charge in [-0.3, -0.25) is 9.80 Å². The predicted octanol–water partition coefficient (Wildman–Crippen LogP) is 6.72. The van der Waals surface area contributed by atoms with Crippen molar-refractivity contribution in [3.05, 3.63) is 94.0 Å². The second-order valence-electron chi connectivity index (χ2n) is 12.0. The monoisotopic (exact) mass is 540 g/mol. The van der Waals surface area contributed by atoms with E-state index in [0.717, 1.165) is 88.7 Å². The van der Waals surface area contributed by atoms with Crippen molar-refractivity contribution in [1.82, 2.24) is 9.80 Å². The molecule has 40 heavy (non-hydrogen) atoms. The van der Waals surface area contributed by atoms with E-state index in [0.29, 0.717) is 23.6 Å². The molecule has 214 valence electrons. The first-order chi connectivity index (χ1) is 19.6. The normalized spacial score (nSPS) is 18.6. The van der Waals surface area contributed by atoms with Gasteiger partial charge in [-0.25, -0.2) is 0 Å². The van der Waals surface area contributed by atoms with E-state index in [2.05, 4.69) is 60.0 Å². The summed E-state index contributed by atoms with van der Waals surface area (Å²) in [5.41, 5.74) is 7.83. The third-order valence-corrected chi connectivity index (χ3v) is 9.32. The van der Waals surface area contributed by atoms with Crippen LogP contribution in [-0.4, -0.2) is 58.3 Å². The summed E-state index contributed by atoms with van der Waals surface area (Å²) in [4.78, 5) is 5.37. The van der Waals surface area contributed by atoms with Crippen LogP contribution >= 0.6 is 0 Å². The van der Waals surface area contributed by atoms with Crippen molar-refractivity contribution >= 4 is 0 Å². The Kier molecular flexibility index (Phi) is 9.83. The molecule has 0 heterocycles. The van der Waals surface area contributed by atoms with Gasteiger partial charge in [0.2, 0.25) is 0 Å². The van der Waals surface area contributed by atoms with Crippen molar-refractivity contribution in [2.24, 2.45) is 0 Å². The second kappa shape index (κ2) is 13.7. The van der Waals surface area contributed by atoms with Gasteiger partial charge in [0.05, 0.1) is 0 Å². The van der Waals surface area contributed by atoms with E-state index in [9.17, 15) is 10.2 Å². The van der Waals surface area contributed by atoms with Gasteiger partial charge in [0.15, 0.2) is 0 Å². The number of hydrogen-bond acceptors (Lipinski definition) is 4. The van der Waals surface area contributed by atoms with E-state index < -0.39 is 0 Å². The van der Waals surface area contributed by atoms with Crippen LogP contribution in [0.1, 0.15) is 72.9 Å². The topological polar surface area (TPSA) is 46.9 Å². The van der Waals surface area contributed by atoms with Gasteiger partial charge in [-0.15, -0.1) is 0 Å². The maximum Gasteiger partial charge on any atom is 0.119 e. The van der Waals surface area contributed by atoms with E-state index >= 15 is 0 Å². The Morgan fingerprint density at radius 2 is 1.02 bits per heavy atom. The number of phenols is 2. The fourth-order valence-electron chi connectivity index (χ4n) is 7.11. The lowest BCUT2D eigenvalue weighted by Crippen LogP contribution is -2.41. The standard InChI is InChI=1S/C36H48N2O2/c1-3-21-37(31-15-17-33-29(25-31)7-5-9-35(33)39)23-19-27-11-13-28(14-12-27)20-24-38(22-4-2)32-16-18-34-30(26-32)8-6-10-36(34)40/h5-14,31-32,39-40H,3-4,15-26H2,1-2H3/t31-,32?/m0/s1. The molecule has 2 aliphatic rings. The molecule has 5 rings (SSSR count). The highest BCUT2D eigenvalue weighted by atomic mass is 16.3. The zero-order valence-corrected chi connectivity index (χ0v) is 24.6. The molecule has 2 atom stereocenters. The zero-order valence-electron chi connectivity index (χ0n) is 24.6. The molecule has 2 N–H and O–H groups in total. The number of rotatable bonds is 12. The Labute approximate surface area is 241 Å². The molecule has 1 unspecified atom stereocenters. The van der Waals surface area contributed by atoms with Gasteiger partial charge in [0, 0.05) is 25.2 Å². The maximum absolute atomic E-state index is 10.2. The lowest BCUT2D eigenvalue weighted by atomic mass is 9.86. The van der Waals surface area contributed by atoms with Gasteiger partial charge >= 0.3 is 0 Å². The molecule has 0 saturated heterocycles. The van der Waals surface area contributed by atoms with Gasteiger partial charge in [0.1, 0.15) is 11.5 Å². The first-order valence-corrected chi connectivity index (χ1v) is 15.7. The Balaban J connectivity index is 1.14. The second-order valence-corrected chi connectivity index (χ2v) is 12.0. The molecule has 3 aromatic carbocycles. The third kappa shape index (κ3) is 6.90. The fraction of sp³-hybridized carbons (Fsp3) is 0.500. The first kappa shape index (κ1) is 28.7. The van der Waals surface area contributed by atoms with Gasteiger partial charge < -0.3 is 10.2 Å². The van der Waals surface area contributed by atoms with Crippen LogP contribution in [0.15, 0.2) is 60.7 Å². The average Bonchev–Trinajstić information content (AvgIpc) is 2.98. The minimum Gasteiger partial charge on any atom is -0.508 e. The van der Waals surface area contributed by atoms with Gasteiger partial charge in [-0.05, 0) is 123 Å². The Hall–Kier alpha value is -2.82. The molecule has 0 aliphatic heterocycles. The number of nitrogens with zero attached hydrogens (tertiary/aromatic N) is 2. The molecule has 3 aromatic rings. The Morgan fingerprint density at radius 1 is 0.600 bits per heavy atom. The lowest BCUT2D eigenvalue weighted by Gasteiger charge is -2.35. The van der Waals surface area contributed by atoms with Crippen molar-refractivity contribution < 1.29 is 10.2 Å². The summed E-state index contributed by atoms with van der Waals surface area (Å²) in [6, 6.07) is 22.5. The number of hydrogen-bond donors (Lipinski definition) is 2. The predicted molar refractivity (Wildman–Crippen MR) is 165 cm³/mol. The van der Waals surface area contributed by atoms with Crippen LogP contribution in [0, 0.1) is 0 Å². The van der Waals surface area contributed by atoms with Crippen LogP contribution in [-0.2, 0) is 38.5 Å². The summed E-state index contributed by atoms with van der Waals surface area (Å²) in [5, 5.41) is 20.5. The van der Waals surface area contributed by atoms with Crippen molar-refractivity contribution in [2.45, 2.75) is 90.1 Å². The molecular formula is C36H48N2O2. The Morgan fingerprint density at radius 3 is 1.43 bits per heavy atom. The average molecular weight is 541 g/mol. The summed E-state index contributed by atoms with van der Waals surface area (Å²) < 4.78 is 0. The highest BCUT2D eigenvalue weighted by Crippen LogP contribution is 2.32. The van der Waals surface area contributed by atoms with Gasteiger partial charge in [0.25, 0.3) is 0 Å². The van der Waals surface area contributed by atoms with E-state index in [-0.39, 0.29) is 0 Å². The molecule has 4 heteroatoms. The fourth-order valence-corrected chi connectivity index (χ4v) is 7.11. The van der Waals surface area contributed by atoms with E-state index in [1.165, 1.54) is 35.1 Å². The summed E-state index contributed by atoms with van der Waals surface area (Å²) in [5.74, 6) is 0.945. The molecule has 0 fully saturated rings. The quantitative estimate of drug-likeness (QED) is 0.268. The highest BCUT2D eigenvalue weighted by molar-refractivity contribution is 5.42. The Bertz CT molecular complexity index is 1140. The lowest BCUT2D eigenvalue weighted by molar-refractivity contribution is 0.181. The van der Waals surface area contributed by atoms with Crippen LogP contribution in [0.2, 0.25) is 0 Å². The summed E-state index contributed by atoms with van der Waals surface area (Å²) in [6.07, 6.45) is 10.8. The molecule has 0 spiro atoms. The minimum atomic E-state index is 0.472. The summed E-state index contributed by atoms with van der Waals surface area (Å²) in [6.45, 7) is 9.01. The van der Waals surface area contributed by atoms with Crippen molar-refractivity contribution in [1.29, 1.82) is 0 Å². The third-order valence-electron chi connectivity index (χ3n) is 9.32. The molecular weight excluding hydrogens is 492 g/mol. The van der Waals surface area contributed by atoms with Crippen LogP contribution in [0.5, 0.6) is 11.5 Å².